The summed E-state index contributed by atoms with van der Waals surface area (Å²) in [7, 11) is 2.86. The van der Waals surface area contributed by atoms with Crippen LogP contribution in [0.5, 0.6) is 0 Å². The maximum Gasteiger partial charge on any atom is 0.328 e. The Labute approximate surface area is 150 Å². The van der Waals surface area contributed by atoms with Gasteiger partial charge in [-0.25, -0.2) is 4.79 Å². The van der Waals surface area contributed by atoms with E-state index in [0.717, 1.165) is 4.90 Å². The van der Waals surface area contributed by atoms with Gasteiger partial charge in [0.2, 0.25) is 5.91 Å². The van der Waals surface area contributed by atoms with E-state index < -0.39 is 30.4 Å². The fourth-order valence-electron chi connectivity index (χ4n) is 1.69. The van der Waals surface area contributed by atoms with Crippen molar-refractivity contribution in [2.75, 3.05) is 27.2 Å². The minimum Gasteiger partial charge on any atom is -0.454 e. The standard InChI is InChI=1S/C16H20ClN3O5/c1-10(19-15(23)11-4-6-12(17)7-5-11)16(24)25-9-14(22)20(3)8-13(21)18-2/h4-7,10H,8-9H2,1-3H3,(H,18,21)(H,19,23)/t10-/m0/s1. The number of nitrogens with zero attached hydrogens (tertiary/aromatic N) is 1. The fourth-order valence-corrected chi connectivity index (χ4v) is 1.82. The minimum absolute atomic E-state index is 0.143. The second kappa shape index (κ2) is 9.63. The highest BCUT2D eigenvalue weighted by Crippen LogP contribution is 2.09. The zero-order chi connectivity index (χ0) is 19.0. The Kier molecular flexibility index (Phi) is 7.87. The van der Waals surface area contributed by atoms with Gasteiger partial charge in [-0.3, -0.25) is 14.4 Å². The molecule has 0 aliphatic carbocycles. The lowest BCUT2D eigenvalue weighted by molar-refractivity contribution is -0.153. The number of carbonyl (C=O) groups is 4. The Morgan fingerprint density at radius 2 is 1.80 bits per heavy atom. The van der Waals surface area contributed by atoms with Gasteiger partial charge in [0, 0.05) is 24.7 Å². The molecule has 0 fully saturated rings. The molecule has 0 unspecified atom stereocenters. The van der Waals surface area contributed by atoms with Gasteiger partial charge >= 0.3 is 5.97 Å². The number of amides is 3. The number of nitrogens with one attached hydrogen (secondary N) is 2. The van der Waals surface area contributed by atoms with E-state index in [-0.39, 0.29) is 12.5 Å². The predicted octanol–water partition coefficient (Wildman–Crippen LogP) is 0.206. The quantitative estimate of drug-likeness (QED) is 0.668. The molecule has 3 amide bonds. The molecule has 1 aromatic carbocycles. The van der Waals surface area contributed by atoms with Crippen LogP contribution in [0.3, 0.4) is 0 Å². The molecule has 0 saturated carbocycles. The molecule has 25 heavy (non-hydrogen) atoms. The van der Waals surface area contributed by atoms with Crippen molar-refractivity contribution in [3.63, 3.8) is 0 Å². The summed E-state index contributed by atoms with van der Waals surface area (Å²) in [5.74, 6) is -2.10. The van der Waals surface area contributed by atoms with Crippen molar-refractivity contribution >= 4 is 35.3 Å². The molecule has 0 radical (unpaired) electrons. The average Bonchev–Trinajstić information content (AvgIpc) is 2.59. The van der Waals surface area contributed by atoms with Crippen molar-refractivity contribution in [1.29, 1.82) is 0 Å². The number of hydrogen-bond acceptors (Lipinski definition) is 5. The first-order valence-corrected chi connectivity index (χ1v) is 7.80. The van der Waals surface area contributed by atoms with Gasteiger partial charge in [0.05, 0.1) is 6.54 Å². The molecule has 1 aromatic rings. The molecule has 0 bridgehead atoms. The van der Waals surface area contributed by atoms with Gasteiger partial charge < -0.3 is 20.3 Å². The topological polar surface area (TPSA) is 105 Å². The number of ether oxygens (including phenoxy) is 1. The van der Waals surface area contributed by atoms with Gasteiger partial charge in [0.15, 0.2) is 6.61 Å². The Bertz CT molecular complexity index is 648. The van der Waals surface area contributed by atoms with Gasteiger partial charge in [-0.1, -0.05) is 11.6 Å². The van der Waals surface area contributed by atoms with Crippen molar-refractivity contribution in [3.05, 3.63) is 34.9 Å². The lowest BCUT2D eigenvalue weighted by Gasteiger charge is -2.17. The first kappa shape index (κ1) is 20.4. The molecule has 0 aromatic heterocycles. The number of hydrogen-bond donors (Lipinski definition) is 2. The molecular formula is C16H20ClN3O5. The lowest BCUT2D eigenvalue weighted by atomic mass is 10.2. The molecule has 0 saturated heterocycles. The average molecular weight is 370 g/mol. The van der Waals surface area contributed by atoms with Crippen molar-refractivity contribution in [2.45, 2.75) is 13.0 Å². The van der Waals surface area contributed by atoms with Crippen LogP contribution >= 0.6 is 11.6 Å². The minimum atomic E-state index is -0.944. The summed E-state index contributed by atoms with van der Waals surface area (Å²) in [4.78, 5) is 47.9. The lowest BCUT2D eigenvalue weighted by Crippen LogP contribution is -2.42. The summed E-state index contributed by atoms with van der Waals surface area (Å²) in [6.07, 6.45) is 0. The van der Waals surface area contributed by atoms with E-state index in [2.05, 4.69) is 10.6 Å². The third kappa shape index (κ3) is 6.80. The second-order valence-electron chi connectivity index (χ2n) is 5.23. The van der Waals surface area contributed by atoms with Crippen LogP contribution in [0.25, 0.3) is 0 Å². The third-order valence-corrected chi connectivity index (χ3v) is 3.48. The first-order valence-electron chi connectivity index (χ1n) is 7.42. The molecule has 0 spiro atoms. The molecule has 0 aliphatic rings. The van der Waals surface area contributed by atoms with Crippen LogP contribution in [0.1, 0.15) is 17.3 Å². The largest absolute Gasteiger partial charge is 0.454 e. The van der Waals surface area contributed by atoms with Crippen LogP contribution in [-0.4, -0.2) is 61.9 Å². The number of rotatable bonds is 7. The van der Waals surface area contributed by atoms with Crippen molar-refractivity contribution in [1.82, 2.24) is 15.5 Å². The van der Waals surface area contributed by atoms with E-state index in [0.29, 0.717) is 10.6 Å². The van der Waals surface area contributed by atoms with Crippen LogP contribution in [0.15, 0.2) is 24.3 Å². The number of carbonyl (C=O) groups excluding carboxylic acids is 4. The van der Waals surface area contributed by atoms with E-state index in [1.165, 1.54) is 33.2 Å². The van der Waals surface area contributed by atoms with Crippen molar-refractivity contribution < 1.29 is 23.9 Å². The molecular weight excluding hydrogens is 350 g/mol. The summed E-state index contributed by atoms with van der Waals surface area (Å²) < 4.78 is 4.86. The molecule has 9 heteroatoms. The van der Waals surface area contributed by atoms with Crippen LogP contribution in [0.4, 0.5) is 0 Å². The van der Waals surface area contributed by atoms with Crippen LogP contribution in [0, 0.1) is 0 Å². The summed E-state index contributed by atoms with van der Waals surface area (Å²) in [6.45, 7) is 0.776. The number of likely N-dealkylation sites (N-methyl/N-ethyl adjacent to an activating group) is 2. The van der Waals surface area contributed by atoms with Gasteiger partial charge in [-0.05, 0) is 31.2 Å². The van der Waals surface area contributed by atoms with E-state index in [1.54, 1.807) is 12.1 Å². The first-order chi connectivity index (χ1) is 11.7. The van der Waals surface area contributed by atoms with Gasteiger partial charge in [-0.2, -0.15) is 0 Å². The van der Waals surface area contributed by atoms with Gasteiger partial charge in [0.25, 0.3) is 11.8 Å². The third-order valence-electron chi connectivity index (χ3n) is 3.23. The fraction of sp³-hybridized carbons (Fsp3) is 0.375. The Balaban J connectivity index is 2.46. The highest BCUT2D eigenvalue weighted by Gasteiger charge is 2.20. The highest BCUT2D eigenvalue weighted by atomic mass is 35.5. The molecule has 1 rings (SSSR count). The zero-order valence-corrected chi connectivity index (χ0v) is 14.9. The van der Waals surface area contributed by atoms with E-state index >= 15 is 0 Å². The number of esters is 1. The number of halogens is 1. The van der Waals surface area contributed by atoms with E-state index in [4.69, 9.17) is 16.3 Å². The van der Waals surface area contributed by atoms with Crippen LogP contribution in [-0.2, 0) is 19.1 Å². The monoisotopic (exact) mass is 369 g/mol. The SMILES string of the molecule is CNC(=O)CN(C)C(=O)COC(=O)[C@H](C)NC(=O)c1ccc(Cl)cc1. The predicted molar refractivity (Wildman–Crippen MR) is 91.0 cm³/mol. The molecule has 136 valence electrons. The molecule has 0 heterocycles. The Morgan fingerprint density at radius 1 is 1.20 bits per heavy atom. The summed E-state index contributed by atoms with van der Waals surface area (Å²) in [5, 5.41) is 5.33. The summed E-state index contributed by atoms with van der Waals surface area (Å²) >= 11 is 5.74. The van der Waals surface area contributed by atoms with E-state index in [9.17, 15) is 19.2 Å². The Hall–Kier alpha value is -2.61. The molecule has 0 aliphatic heterocycles. The maximum atomic E-state index is 12.0. The summed E-state index contributed by atoms with van der Waals surface area (Å²) in [5.41, 5.74) is 0.338. The summed E-state index contributed by atoms with van der Waals surface area (Å²) in [6, 6.07) is 5.21. The second-order valence-corrected chi connectivity index (χ2v) is 5.67. The van der Waals surface area contributed by atoms with Crippen molar-refractivity contribution in [2.24, 2.45) is 0 Å². The van der Waals surface area contributed by atoms with Crippen LogP contribution in [0.2, 0.25) is 5.02 Å². The van der Waals surface area contributed by atoms with Gasteiger partial charge in [0.1, 0.15) is 6.04 Å². The highest BCUT2D eigenvalue weighted by molar-refractivity contribution is 6.30. The zero-order valence-electron chi connectivity index (χ0n) is 14.2. The van der Waals surface area contributed by atoms with Crippen LogP contribution < -0.4 is 10.6 Å². The normalized spacial score (nSPS) is 11.2. The van der Waals surface area contributed by atoms with Crippen molar-refractivity contribution in [3.8, 4) is 0 Å². The number of benzene rings is 1. The Morgan fingerprint density at radius 3 is 2.36 bits per heavy atom. The smallest absolute Gasteiger partial charge is 0.328 e. The van der Waals surface area contributed by atoms with Gasteiger partial charge in [-0.15, -0.1) is 0 Å². The molecule has 8 nitrogen and oxygen atoms in total. The maximum absolute atomic E-state index is 12.0. The molecule has 2 N–H and O–H groups in total. The van der Waals surface area contributed by atoms with E-state index in [1.807, 2.05) is 0 Å². The molecule has 1 atom stereocenters.